The molecule has 1 aliphatic heterocycles. The number of amides is 1. The van der Waals surface area contributed by atoms with Crippen molar-refractivity contribution in [1.29, 1.82) is 0 Å². The molecule has 0 spiro atoms. The highest BCUT2D eigenvalue weighted by atomic mass is 32.2. The Balaban J connectivity index is 2.44. The van der Waals surface area contributed by atoms with Crippen molar-refractivity contribution in [1.82, 2.24) is 4.31 Å². The largest absolute Gasteiger partial charge is 0.366 e. The zero-order valence-electron chi connectivity index (χ0n) is 11.4. The molecule has 1 heterocycles. The van der Waals surface area contributed by atoms with Crippen molar-refractivity contribution in [3.63, 3.8) is 0 Å². The fourth-order valence-electron chi connectivity index (χ4n) is 2.52. The lowest BCUT2D eigenvalue weighted by molar-refractivity contribution is 0.0999. The second kappa shape index (κ2) is 5.51. The first-order valence-corrected chi connectivity index (χ1v) is 7.94. The molecule has 0 radical (unpaired) electrons. The first kappa shape index (κ1) is 15.0. The molecule has 1 fully saturated rings. The summed E-state index contributed by atoms with van der Waals surface area (Å²) in [5, 5.41) is 0. The number of nitrogens with zero attached hydrogens (tertiary/aromatic N) is 1. The molecule has 6 nitrogen and oxygen atoms in total. The summed E-state index contributed by atoms with van der Waals surface area (Å²) in [5.74, 6) is -0.628. The van der Waals surface area contributed by atoms with E-state index in [0.717, 1.165) is 12.8 Å². The van der Waals surface area contributed by atoms with Gasteiger partial charge in [-0.05, 0) is 37.5 Å². The Kier molecular flexibility index (Phi) is 4.12. The normalized spacial score (nSPS) is 20.2. The van der Waals surface area contributed by atoms with Gasteiger partial charge in [0.05, 0.1) is 4.90 Å². The zero-order chi connectivity index (χ0) is 14.9. The van der Waals surface area contributed by atoms with E-state index in [1.807, 2.05) is 0 Å². The van der Waals surface area contributed by atoms with Crippen LogP contribution in [0.1, 0.15) is 28.8 Å². The molecule has 1 unspecified atom stereocenters. The van der Waals surface area contributed by atoms with Crippen molar-refractivity contribution < 1.29 is 13.2 Å². The maximum absolute atomic E-state index is 12.6. The van der Waals surface area contributed by atoms with E-state index in [1.54, 1.807) is 13.0 Å². The third-order valence-electron chi connectivity index (χ3n) is 3.68. The first-order chi connectivity index (χ1) is 9.37. The smallest absolute Gasteiger partial charge is 0.249 e. The average molecular weight is 297 g/mol. The molecule has 1 saturated heterocycles. The van der Waals surface area contributed by atoms with E-state index in [4.69, 9.17) is 11.5 Å². The third-order valence-corrected chi connectivity index (χ3v) is 5.62. The van der Waals surface area contributed by atoms with Crippen LogP contribution in [0.25, 0.3) is 0 Å². The van der Waals surface area contributed by atoms with Crippen molar-refractivity contribution >= 4 is 15.9 Å². The Labute approximate surface area is 118 Å². The summed E-state index contributed by atoms with van der Waals surface area (Å²) in [4.78, 5) is 11.4. The molecule has 110 valence electrons. The number of primary amides is 1. The summed E-state index contributed by atoms with van der Waals surface area (Å²) in [6.45, 7) is 2.48. The van der Waals surface area contributed by atoms with E-state index in [0.29, 0.717) is 18.7 Å². The summed E-state index contributed by atoms with van der Waals surface area (Å²) in [6, 6.07) is 4.28. The number of nitrogens with two attached hydrogens (primary N) is 2. The van der Waals surface area contributed by atoms with E-state index >= 15 is 0 Å². The fourth-order valence-corrected chi connectivity index (χ4v) is 4.25. The standard InChI is InChI=1S/C13H19N3O3S/c1-9-4-5-11(7-12(9)13(15)17)20(18,19)16-6-2-3-10(16)8-14/h4-5,7,10H,2-3,6,8,14H2,1H3,(H2,15,17). The highest BCUT2D eigenvalue weighted by Crippen LogP contribution is 2.26. The molecule has 7 heteroatoms. The third kappa shape index (κ3) is 2.56. The average Bonchev–Trinajstić information content (AvgIpc) is 2.87. The first-order valence-electron chi connectivity index (χ1n) is 6.50. The maximum Gasteiger partial charge on any atom is 0.249 e. The number of hydrogen-bond donors (Lipinski definition) is 2. The molecule has 0 aromatic heterocycles. The lowest BCUT2D eigenvalue weighted by Crippen LogP contribution is -2.39. The second-order valence-electron chi connectivity index (χ2n) is 4.99. The number of sulfonamides is 1. The SMILES string of the molecule is Cc1ccc(S(=O)(=O)N2CCCC2CN)cc1C(N)=O. The number of rotatable bonds is 4. The van der Waals surface area contributed by atoms with Crippen molar-refractivity contribution in [3.05, 3.63) is 29.3 Å². The van der Waals surface area contributed by atoms with Crippen LogP contribution < -0.4 is 11.5 Å². The van der Waals surface area contributed by atoms with Gasteiger partial charge >= 0.3 is 0 Å². The van der Waals surface area contributed by atoms with Crippen molar-refractivity contribution in [2.24, 2.45) is 11.5 Å². The lowest BCUT2D eigenvalue weighted by atomic mass is 10.1. The van der Waals surface area contributed by atoms with Crippen LogP contribution in [0.4, 0.5) is 0 Å². The van der Waals surface area contributed by atoms with E-state index in [-0.39, 0.29) is 16.5 Å². The van der Waals surface area contributed by atoms with Crippen LogP contribution in [0.5, 0.6) is 0 Å². The molecule has 0 bridgehead atoms. The van der Waals surface area contributed by atoms with Gasteiger partial charge in [0.1, 0.15) is 0 Å². The summed E-state index contributed by atoms with van der Waals surface area (Å²) in [6.07, 6.45) is 1.57. The molecular weight excluding hydrogens is 278 g/mol. The molecule has 1 amide bonds. The number of aryl methyl sites for hydroxylation is 1. The zero-order valence-corrected chi connectivity index (χ0v) is 12.2. The molecule has 0 aliphatic carbocycles. The van der Waals surface area contributed by atoms with Crippen LogP contribution in [0.2, 0.25) is 0 Å². The molecule has 1 atom stereocenters. The van der Waals surface area contributed by atoms with Gasteiger partial charge in [0, 0.05) is 24.7 Å². The van der Waals surface area contributed by atoms with Crippen LogP contribution in [-0.2, 0) is 10.0 Å². The number of benzene rings is 1. The van der Waals surface area contributed by atoms with Crippen LogP contribution in [0.3, 0.4) is 0 Å². The minimum Gasteiger partial charge on any atom is -0.366 e. The fraction of sp³-hybridized carbons (Fsp3) is 0.462. The topological polar surface area (TPSA) is 106 Å². The highest BCUT2D eigenvalue weighted by Gasteiger charge is 2.34. The molecule has 0 saturated carbocycles. The molecule has 4 N–H and O–H groups in total. The van der Waals surface area contributed by atoms with Gasteiger partial charge in [-0.1, -0.05) is 6.07 Å². The van der Waals surface area contributed by atoms with Gasteiger partial charge in [0.25, 0.3) is 0 Å². The summed E-state index contributed by atoms with van der Waals surface area (Å²) < 4.78 is 26.6. The maximum atomic E-state index is 12.6. The quantitative estimate of drug-likeness (QED) is 0.828. The molecule has 20 heavy (non-hydrogen) atoms. The lowest BCUT2D eigenvalue weighted by Gasteiger charge is -2.23. The minimum absolute atomic E-state index is 0.0947. The number of hydrogen-bond acceptors (Lipinski definition) is 4. The van der Waals surface area contributed by atoms with Crippen LogP contribution in [0.15, 0.2) is 23.1 Å². The Morgan fingerprint density at radius 1 is 1.45 bits per heavy atom. The number of carbonyl (C=O) groups is 1. The second-order valence-corrected chi connectivity index (χ2v) is 6.88. The van der Waals surface area contributed by atoms with Crippen molar-refractivity contribution in [2.45, 2.75) is 30.7 Å². The van der Waals surface area contributed by atoms with Gasteiger partial charge in [0.15, 0.2) is 0 Å². The van der Waals surface area contributed by atoms with E-state index in [9.17, 15) is 13.2 Å². The van der Waals surface area contributed by atoms with Crippen LogP contribution in [-0.4, -0.2) is 37.8 Å². The van der Waals surface area contributed by atoms with Gasteiger partial charge in [-0.2, -0.15) is 4.31 Å². The predicted octanol–water partition coefficient (Wildman–Crippen LogP) is 0.206. The van der Waals surface area contributed by atoms with E-state index in [2.05, 4.69) is 0 Å². The Morgan fingerprint density at radius 2 is 2.15 bits per heavy atom. The van der Waals surface area contributed by atoms with Gasteiger partial charge in [-0.25, -0.2) is 8.42 Å². The van der Waals surface area contributed by atoms with Gasteiger partial charge in [-0.3, -0.25) is 4.79 Å². The predicted molar refractivity (Wildman–Crippen MR) is 75.7 cm³/mol. The van der Waals surface area contributed by atoms with Crippen LogP contribution in [0, 0.1) is 6.92 Å². The monoisotopic (exact) mass is 297 g/mol. The van der Waals surface area contributed by atoms with Crippen molar-refractivity contribution in [2.75, 3.05) is 13.1 Å². The molecule has 1 aromatic carbocycles. The van der Waals surface area contributed by atoms with Gasteiger partial charge < -0.3 is 11.5 Å². The van der Waals surface area contributed by atoms with Crippen LogP contribution >= 0.6 is 0 Å². The molecule has 1 aromatic rings. The Bertz CT molecular complexity index is 628. The van der Waals surface area contributed by atoms with E-state index < -0.39 is 15.9 Å². The summed E-state index contributed by atoms with van der Waals surface area (Å²) >= 11 is 0. The molecular formula is C13H19N3O3S. The minimum atomic E-state index is -3.63. The van der Waals surface area contributed by atoms with Gasteiger partial charge in [0.2, 0.25) is 15.9 Å². The Morgan fingerprint density at radius 3 is 2.75 bits per heavy atom. The summed E-state index contributed by atoms with van der Waals surface area (Å²) in [5.41, 5.74) is 11.8. The number of carbonyl (C=O) groups excluding carboxylic acids is 1. The highest BCUT2D eigenvalue weighted by molar-refractivity contribution is 7.89. The summed E-state index contributed by atoms with van der Waals surface area (Å²) in [7, 11) is -3.63. The molecule has 1 aliphatic rings. The Hall–Kier alpha value is -1.44. The van der Waals surface area contributed by atoms with Crippen molar-refractivity contribution in [3.8, 4) is 0 Å². The van der Waals surface area contributed by atoms with E-state index in [1.165, 1.54) is 16.4 Å². The van der Waals surface area contributed by atoms with Gasteiger partial charge in [-0.15, -0.1) is 0 Å². The molecule has 2 rings (SSSR count).